The number of amides is 1. The number of carbonyl (C=O) groups excluding carboxylic acids is 2. The monoisotopic (exact) mass is 412 g/mol. The van der Waals surface area contributed by atoms with Crippen LogP contribution in [0.4, 0.5) is 5.13 Å². The second-order valence-electron chi connectivity index (χ2n) is 7.06. The summed E-state index contributed by atoms with van der Waals surface area (Å²) in [7, 11) is 0. The molecule has 138 valence electrons. The summed E-state index contributed by atoms with van der Waals surface area (Å²) < 4.78 is 5.60. The number of Topliss-reactive ketones (excluding diaryl/α,β-unsaturated/α-hetero) is 1. The summed E-state index contributed by atoms with van der Waals surface area (Å²) in [6.45, 7) is 5.69. The van der Waals surface area contributed by atoms with E-state index in [0.717, 1.165) is 5.69 Å². The van der Waals surface area contributed by atoms with Gasteiger partial charge in [-0.3, -0.25) is 14.9 Å². The average Bonchev–Trinajstić information content (AvgIpc) is 2.91. The first kappa shape index (κ1) is 19.1. The summed E-state index contributed by atoms with van der Waals surface area (Å²) in [6.07, 6.45) is 0.415. The minimum Gasteiger partial charge on any atom is -0.479 e. The molecule has 0 aliphatic heterocycles. The Balaban J connectivity index is 1.69. The third-order valence-electron chi connectivity index (χ3n) is 4.03. The van der Waals surface area contributed by atoms with Gasteiger partial charge in [0.15, 0.2) is 17.0 Å². The SMILES string of the molecule is CC(Oc1ccc(Cl)cc1Cl)C(=O)Nc1nc2c(s1)C(=O)CC(C)(C)C2. The number of carbonyl (C=O) groups is 2. The van der Waals surface area contributed by atoms with Gasteiger partial charge < -0.3 is 4.74 Å². The minimum absolute atomic E-state index is 0.0755. The fourth-order valence-electron chi connectivity index (χ4n) is 2.80. The number of nitrogens with zero attached hydrogens (tertiary/aromatic N) is 1. The number of thiazole rings is 1. The smallest absolute Gasteiger partial charge is 0.266 e. The van der Waals surface area contributed by atoms with Gasteiger partial charge in [-0.05, 0) is 37.0 Å². The lowest BCUT2D eigenvalue weighted by Gasteiger charge is -2.26. The van der Waals surface area contributed by atoms with Gasteiger partial charge in [0.1, 0.15) is 5.75 Å². The van der Waals surface area contributed by atoms with E-state index >= 15 is 0 Å². The topological polar surface area (TPSA) is 68.3 Å². The molecule has 1 N–H and O–H groups in total. The molecular formula is C18H18Cl2N2O3S. The van der Waals surface area contributed by atoms with E-state index in [1.165, 1.54) is 11.3 Å². The number of rotatable bonds is 4. The van der Waals surface area contributed by atoms with Crippen LogP contribution in [0.2, 0.25) is 10.0 Å². The summed E-state index contributed by atoms with van der Waals surface area (Å²) in [5.41, 5.74) is 0.641. The molecule has 1 aliphatic carbocycles. The molecule has 0 saturated heterocycles. The zero-order valence-corrected chi connectivity index (χ0v) is 16.9. The van der Waals surface area contributed by atoms with Crippen molar-refractivity contribution >= 4 is 51.4 Å². The van der Waals surface area contributed by atoms with Crippen LogP contribution in [0.15, 0.2) is 18.2 Å². The van der Waals surface area contributed by atoms with Crippen molar-refractivity contribution in [2.45, 2.75) is 39.7 Å². The number of hydrogen-bond donors (Lipinski definition) is 1. The number of nitrogens with one attached hydrogen (secondary N) is 1. The van der Waals surface area contributed by atoms with E-state index in [0.29, 0.717) is 38.6 Å². The fourth-order valence-corrected chi connectivity index (χ4v) is 4.17. The van der Waals surface area contributed by atoms with Crippen molar-refractivity contribution < 1.29 is 14.3 Å². The summed E-state index contributed by atoms with van der Waals surface area (Å²) in [4.78, 5) is 29.7. The largest absolute Gasteiger partial charge is 0.479 e. The van der Waals surface area contributed by atoms with Gasteiger partial charge in [-0.15, -0.1) is 0 Å². The number of ketones is 1. The zero-order chi connectivity index (χ0) is 19.1. The maximum absolute atomic E-state index is 12.4. The number of benzene rings is 1. The molecule has 0 saturated carbocycles. The Morgan fingerprint density at radius 3 is 2.77 bits per heavy atom. The lowest BCUT2D eigenvalue weighted by Crippen LogP contribution is -2.30. The molecule has 8 heteroatoms. The summed E-state index contributed by atoms with van der Waals surface area (Å²) >= 11 is 13.1. The van der Waals surface area contributed by atoms with Crippen LogP contribution in [0.5, 0.6) is 5.75 Å². The molecular weight excluding hydrogens is 395 g/mol. The number of ether oxygens (including phenoxy) is 1. The van der Waals surface area contributed by atoms with Crippen LogP contribution in [-0.2, 0) is 11.2 Å². The van der Waals surface area contributed by atoms with Crippen molar-refractivity contribution in [3.05, 3.63) is 38.8 Å². The molecule has 1 heterocycles. The van der Waals surface area contributed by atoms with Gasteiger partial charge in [-0.25, -0.2) is 4.98 Å². The van der Waals surface area contributed by atoms with E-state index in [-0.39, 0.29) is 17.1 Å². The Hall–Kier alpha value is -1.63. The Morgan fingerprint density at radius 1 is 1.35 bits per heavy atom. The van der Waals surface area contributed by atoms with Crippen LogP contribution in [-0.4, -0.2) is 22.8 Å². The highest BCUT2D eigenvalue weighted by Gasteiger charge is 2.34. The molecule has 0 bridgehead atoms. The number of fused-ring (bicyclic) bond motifs is 1. The third-order valence-corrected chi connectivity index (χ3v) is 5.62. The van der Waals surface area contributed by atoms with Crippen molar-refractivity contribution in [3.8, 4) is 5.75 Å². The van der Waals surface area contributed by atoms with Gasteiger partial charge in [-0.1, -0.05) is 48.4 Å². The standard InChI is InChI=1S/C18H18Cl2N2O3S/c1-9(25-14-5-4-10(19)6-11(14)20)16(24)22-17-21-12-7-18(2,3)8-13(23)15(12)26-17/h4-6,9H,7-8H2,1-3H3,(H,21,22,24). The van der Waals surface area contributed by atoms with Gasteiger partial charge in [0.05, 0.1) is 15.6 Å². The molecule has 1 atom stereocenters. The average molecular weight is 413 g/mol. The molecule has 1 unspecified atom stereocenters. The first-order valence-corrected chi connectivity index (χ1v) is 9.67. The molecule has 1 aromatic carbocycles. The first-order valence-electron chi connectivity index (χ1n) is 8.10. The second kappa shape index (κ2) is 7.18. The quantitative estimate of drug-likeness (QED) is 0.765. The molecule has 3 rings (SSSR count). The van der Waals surface area contributed by atoms with Crippen LogP contribution in [0.3, 0.4) is 0 Å². The first-order chi connectivity index (χ1) is 12.1. The normalized spacial score (nSPS) is 16.7. The van der Waals surface area contributed by atoms with Crippen LogP contribution >= 0.6 is 34.5 Å². The highest BCUT2D eigenvalue weighted by molar-refractivity contribution is 7.17. The molecule has 1 aliphatic rings. The molecule has 1 aromatic heterocycles. The summed E-state index contributed by atoms with van der Waals surface area (Å²) in [5, 5.41) is 3.94. The Morgan fingerprint density at radius 2 is 2.08 bits per heavy atom. The van der Waals surface area contributed by atoms with E-state index in [2.05, 4.69) is 10.3 Å². The lowest BCUT2D eigenvalue weighted by atomic mass is 9.78. The van der Waals surface area contributed by atoms with E-state index in [4.69, 9.17) is 27.9 Å². The second-order valence-corrected chi connectivity index (χ2v) is 8.90. The van der Waals surface area contributed by atoms with E-state index in [1.54, 1.807) is 25.1 Å². The number of aromatic nitrogens is 1. The highest BCUT2D eigenvalue weighted by atomic mass is 35.5. The Labute approximate surface area is 165 Å². The fraction of sp³-hybridized carbons (Fsp3) is 0.389. The van der Waals surface area contributed by atoms with Gasteiger partial charge in [0.25, 0.3) is 5.91 Å². The molecule has 0 spiro atoms. The maximum Gasteiger partial charge on any atom is 0.266 e. The van der Waals surface area contributed by atoms with Crippen LogP contribution < -0.4 is 10.1 Å². The third kappa shape index (κ3) is 4.19. The van der Waals surface area contributed by atoms with Crippen LogP contribution in [0.25, 0.3) is 0 Å². The minimum atomic E-state index is -0.790. The summed E-state index contributed by atoms with van der Waals surface area (Å²) in [6, 6.07) is 4.79. The maximum atomic E-state index is 12.4. The molecule has 0 radical (unpaired) electrons. The van der Waals surface area contributed by atoms with E-state index in [1.807, 2.05) is 13.8 Å². The zero-order valence-electron chi connectivity index (χ0n) is 14.6. The molecule has 2 aromatic rings. The van der Waals surface area contributed by atoms with Gasteiger partial charge in [0, 0.05) is 11.4 Å². The molecule has 5 nitrogen and oxygen atoms in total. The lowest BCUT2D eigenvalue weighted by molar-refractivity contribution is -0.122. The van der Waals surface area contributed by atoms with Crippen molar-refractivity contribution in [2.75, 3.05) is 5.32 Å². The molecule has 1 amide bonds. The van der Waals surface area contributed by atoms with E-state index < -0.39 is 6.10 Å². The molecule has 26 heavy (non-hydrogen) atoms. The number of halogens is 2. The van der Waals surface area contributed by atoms with E-state index in [9.17, 15) is 9.59 Å². The van der Waals surface area contributed by atoms with Gasteiger partial charge in [-0.2, -0.15) is 0 Å². The van der Waals surface area contributed by atoms with Crippen molar-refractivity contribution in [2.24, 2.45) is 5.41 Å². The van der Waals surface area contributed by atoms with Gasteiger partial charge in [0.2, 0.25) is 0 Å². The van der Waals surface area contributed by atoms with Crippen molar-refractivity contribution in [3.63, 3.8) is 0 Å². The highest BCUT2D eigenvalue weighted by Crippen LogP contribution is 2.38. The predicted molar refractivity (Wildman–Crippen MR) is 104 cm³/mol. The van der Waals surface area contributed by atoms with Crippen LogP contribution in [0.1, 0.15) is 42.6 Å². The number of anilines is 1. The Kier molecular flexibility index (Phi) is 5.28. The van der Waals surface area contributed by atoms with Crippen molar-refractivity contribution in [1.82, 2.24) is 4.98 Å². The van der Waals surface area contributed by atoms with Crippen LogP contribution in [0, 0.1) is 5.41 Å². The molecule has 0 fully saturated rings. The number of hydrogen-bond acceptors (Lipinski definition) is 5. The van der Waals surface area contributed by atoms with Gasteiger partial charge >= 0.3 is 0 Å². The predicted octanol–water partition coefficient (Wildman–Crippen LogP) is 5.01. The summed E-state index contributed by atoms with van der Waals surface area (Å²) in [5.74, 6) is 0.0781. The van der Waals surface area contributed by atoms with Crippen molar-refractivity contribution in [1.29, 1.82) is 0 Å². The Bertz CT molecular complexity index is 879.